The van der Waals surface area contributed by atoms with Gasteiger partial charge in [-0.2, -0.15) is 0 Å². The number of aliphatic hydroxyl groups excluding tert-OH is 2. The van der Waals surface area contributed by atoms with Gasteiger partial charge >= 0.3 is 0 Å². The van der Waals surface area contributed by atoms with Crippen molar-refractivity contribution < 1.29 is 28.6 Å². The second-order valence-corrected chi connectivity index (χ2v) is 6.65. The molecule has 1 saturated carbocycles. The van der Waals surface area contributed by atoms with Crippen LogP contribution in [0, 0.1) is 0 Å². The molecule has 0 aliphatic heterocycles. The van der Waals surface area contributed by atoms with Crippen molar-refractivity contribution in [2.75, 3.05) is 13.2 Å². The molecule has 0 aromatic carbocycles. The topological polar surface area (TPSA) is 98.7 Å². The van der Waals surface area contributed by atoms with Crippen molar-refractivity contribution in [1.29, 1.82) is 0 Å². The largest absolute Gasteiger partial charge is 0.396 e. The lowest BCUT2D eigenvalue weighted by atomic mass is 10.2. The second-order valence-electron chi connectivity index (χ2n) is 6.65. The normalized spacial score (nSPS) is 19.7. The fourth-order valence-corrected chi connectivity index (χ4v) is 2.50. The van der Waals surface area contributed by atoms with Crippen LogP contribution in [0.25, 0.3) is 0 Å². The first-order valence-corrected chi connectivity index (χ1v) is 9.54. The van der Waals surface area contributed by atoms with Crippen molar-refractivity contribution in [3.8, 4) is 0 Å². The number of hydrogen-bond donors (Lipinski definition) is 4. The Labute approximate surface area is 158 Å². The average molecular weight is 388 g/mol. The zero-order chi connectivity index (χ0) is 20.1. The van der Waals surface area contributed by atoms with E-state index in [2.05, 4.69) is 10.6 Å². The predicted molar refractivity (Wildman–Crippen MR) is 98.0 cm³/mol. The molecule has 0 bridgehead atoms. The first-order valence-electron chi connectivity index (χ1n) is 9.54. The van der Waals surface area contributed by atoms with E-state index < -0.39 is 35.6 Å². The van der Waals surface area contributed by atoms with Crippen LogP contribution in [-0.2, 0) is 9.59 Å². The molecule has 27 heavy (non-hydrogen) atoms. The number of allylic oxidation sites excluding steroid dienone is 2. The number of hydrogen-bond acceptors (Lipinski definition) is 4. The molecule has 4 N–H and O–H groups in total. The molecule has 0 unspecified atom stereocenters. The Hall–Kier alpha value is -1.80. The molecule has 1 rings (SSSR count). The molecule has 8 heteroatoms. The first kappa shape index (κ1) is 23.2. The van der Waals surface area contributed by atoms with Gasteiger partial charge in [-0.3, -0.25) is 9.59 Å². The van der Waals surface area contributed by atoms with Crippen LogP contribution in [0.1, 0.15) is 57.8 Å². The number of rotatable bonds is 14. The predicted octanol–water partition coefficient (Wildman–Crippen LogP) is 2.17. The van der Waals surface area contributed by atoms with Crippen molar-refractivity contribution in [2.24, 2.45) is 0 Å². The van der Waals surface area contributed by atoms with Gasteiger partial charge in [0.1, 0.15) is 0 Å². The zero-order valence-corrected chi connectivity index (χ0v) is 15.6. The third-order valence-electron chi connectivity index (χ3n) is 4.23. The SMILES string of the molecule is O=C(N[C@H]1C[C@H]1NC(=O)/C(F)=C\CCCCCO)/C(F)=C/CCCCCO. The number of unbranched alkanes of at least 4 members (excludes halogenated alkanes) is 6. The van der Waals surface area contributed by atoms with Crippen LogP contribution in [0.15, 0.2) is 23.8 Å². The summed E-state index contributed by atoms with van der Waals surface area (Å²) in [5, 5.41) is 22.2. The minimum absolute atomic E-state index is 0.0982. The second kappa shape index (κ2) is 13.4. The number of carbonyl (C=O) groups excluding carboxylic acids is 2. The molecule has 1 aliphatic rings. The van der Waals surface area contributed by atoms with E-state index in [-0.39, 0.29) is 13.2 Å². The third-order valence-corrected chi connectivity index (χ3v) is 4.23. The minimum Gasteiger partial charge on any atom is -0.396 e. The molecule has 1 fully saturated rings. The van der Waals surface area contributed by atoms with Crippen molar-refractivity contribution >= 4 is 11.8 Å². The molecular weight excluding hydrogens is 358 g/mol. The molecule has 0 radical (unpaired) electrons. The standard InChI is InChI=1S/C19H30F2N2O4/c20-14(9-5-1-3-7-11-24)18(26)22-16-13-17(16)23-19(27)15(21)10-6-2-4-8-12-25/h9-10,16-17,24-25H,1-8,11-13H2,(H,22,26)(H,23,27)/b14-9-,15-10+/t16-,17+/m0/s1. The lowest BCUT2D eigenvalue weighted by Gasteiger charge is -2.05. The Morgan fingerprint density at radius 2 is 1.19 bits per heavy atom. The van der Waals surface area contributed by atoms with Crippen LogP contribution in [0.2, 0.25) is 0 Å². The Kier molecular flexibility index (Phi) is 11.5. The summed E-state index contributed by atoms with van der Waals surface area (Å²) in [4.78, 5) is 23.4. The Balaban J connectivity index is 2.24. The first-order chi connectivity index (χ1) is 13.0. The lowest BCUT2D eigenvalue weighted by molar-refractivity contribution is -0.120. The summed E-state index contributed by atoms with van der Waals surface area (Å²) in [6.07, 6.45) is 7.89. The summed E-state index contributed by atoms with van der Waals surface area (Å²) in [5.41, 5.74) is 0. The van der Waals surface area contributed by atoms with Crippen molar-refractivity contribution in [1.82, 2.24) is 10.6 Å². The summed E-state index contributed by atoms with van der Waals surface area (Å²) in [5.74, 6) is -3.41. The van der Waals surface area contributed by atoms with Crippen LogP contribution in [0.5, 0.6) is 0 Å². The zero-order valence-electron chi connectivity index (χ0n) is 15.6. The van der Waals surface area contributed by atoms with Gasteiger partial charge in [-0.25, -0.2) is 8.78 Å². The molecule has 154 valence electrons. The molecule has 0 saturated heterocycles. The monoisotopic (exact) mass is 388 g/mol. The van der Waals surface area contributed by atoms with Crippen LogP contribution >= 0.6 is 0 Å². The maximum atomic E-state index is 13.7. The summed E-state index contributed by atoms with van der Waals surface area (Å²) in [6, 6.07) is -0.792. The Bertz CT molecular complexity index is 492. The van der Waals surface area contributed by atoms with Gasteiger partial charge in [-0.05, 0) is 57.1 Å². The molecule has 2 amide bonds. The fraction of sp³-hybridized carbons (Fsp3) is 0.684. The fourth-order valence-electron chi connectivity index (χ4n) is 2.50. The van der Waals surface area contributed by atoms with E-state index in [4.69, 9.17) is 10.2 Å². The highest BCUT2D eigenvalue weighted by Gasteiger charge is 2.40. The molecule has 6 nitrogen and oxygen atoms in total. The minimum atomic E-state index is -0.870. The Morgan fingerprint density at radius 3 is 1.56 bits per heavy atom. The van der Waals surface area contributed by atoms with E-state index in [0.717, 1.165) is 12.8 Å². The van der Waals surface area contributed by atoms with Crippen molar-refractivity contribution in [3.05, 3.63) is 23.8 Å². The number of halogens is 2. The molecule has 1 aliphatic carbocycles. The molecule has 0 heterocycles. The summed E-state index contributed by atoms with van der Waals surface area (Å²) >= 11 is 0. The quantitative estimate of drug-likeness (QED) is 0.271. The van der Waals surface area contributed by atoms with Gasteiger partial charge in [-0.15, -0.1) is 0 Å². The molecule has 0 aromatic rings. The van der Waals surface area contributed by atoms with E-state index in [9.17, 15) is 18.4 Å². The number of aliphatic hydroxyl groups is 2. The smallest absolute Gasteiger partial charge is 0.279 e. The van der Waals surface area contributed by atoms with Crippen LogP contribution in [-0.4, -0.2) is 47.3 Å². The van der Waals surface area contributed by atoms with Gasteiger partial charge in [0.25, 0.3) is 11.8 Å². The van der Waals surface area contributed by atoms with E-state index in [1.165, 1.54) is 12.2 Å². The summed E-state index contributed by atoms with van der Waals surface area (Å²) in [7, 11) is 0. The molecule has 0 aromatic heterocycles. The summed E-state index contributed by atoms with van der Waals surface area (Å²) < 4.78 is 27.3. The highest BCUT2D eigenvalue weighted by Crippen LogP contribution is 2.22. The maximum absolute atomic E-state index is 13.7. The number of nitrogens with one attached hydrogen (secondary N) is 2. The van der Waals surface area contributed by atoms with Gasteiger partial charge in [0.15, 0.2) is 11.7 Å². The third kappa shape index (κ3) is 10.2. The lowest BCUT2D eigenvalue weighted by Crippen LogP contribution is -2.35. The van der Waals surface area contributed by atoms with Crippen molar-refractivity contribution in [2.45, 2.75) is 69.9 Å². The van der Waals surface area contributed by atoms with Gasteiger partial charge < -0.3 is 20.8 Å². The van der Waals surface area contributed by atoms with E-state index in [1.54, 1.807) is 0 Å². The maximum Gasteiger partial charge on any atom is 0.279 e. The number of amides is 2. The summed E-state index contributed by atoms with van der Waals surface area (Å²) in [6.45, 7) is 0.196. The van der Waals surface area contributed by atoms with Gasteiger partial charge in [0, 0.05) is 13.2 Å². The highest BCUT2D eigenvalue weighted by atomic mass is 19.1. The van der Waals surface area contributed by atoms with Gasteiger partial charge in [0.05, 0.1) is 12.1 Å². The Morgan fingerprint density at radius 1 is 0.778 bits per heavy atom. The molecular formula is C19H30F2N2O4. The van der Waals surface area contributed by atoms with Gasteiger partial charge in [-0.1, -0.05) is 12.8 Å². The highest BCUT2D eigenvalue weighted by molar-refractivity contribution is 5.93. The van der Waals surface area contributed by atoms with E-state index >= 15 is 0 Å². The van der Waals surface area contributed by atoms with Crippen molar-refractivity contribution in [3.63, 3.8) is 0 Å². The average Bonchev–Trinajstić information content (AvgIpc) is 3.37. The molecule has 2 atom stereocenters. The molecule has 0 spiro atoms. The van der Waals surface area contributed by atoms with Crippen LogP contribution in [0.4, 0.5) is 8.78 Å². The van der Waals surface area contributed by atoms with E-state index in [1.807, 2.05) is 0 Å². The van der Waals surface area contributed by atoms with E-state index in [0.29, 0.717) is 44.9 Å². The van der Waals surface area contributed by atoms with Crippen LogP contribution in [0.3, 0.4) is 0 Å². The number of carbonyl (C=O) groups is 2. The van der Waals surface area contributed by atoms with Gasteiger partial charge in [0.2, 0.25) is 0 Å². The van der Waals surface area contributed by atoms with Crippen LogP contribution < -0.4 is 10.6 Å².